The predicted octanol–water partition coefficient (Wildman–Crippen LogP) is 3.96. The normalized spacial score (nSPS) is 12.2. The van der Waals surface area contributed by atoms with Crippen LogP contribution in [0, 0.1) is 6.92 Å². The molecule has 0 fully saturated rings. The Labute approximate surface area is 115 Å². The molecule has 94 valence electrons. The lowest BCUT2D eigenvalue weighted by atomic mass is 10.2. The molecule has 0 radical (unpaired) electrons. The first-order chi connectivity index (χ1) is 8.56. The largest absolute Gasteiger partial charge is 0.455 e. The fourth-order valence-electron chi connectivity index (χ4n) is 1.54. The van der Waals surface area contributed by atoms with Gasteiger partial charge in [0.15, 0.2) is 0 Å². The highest BCUT2D eigenvalue weighted by atomic mass is 79.9. The van der Waals surface area contributed by atoms with Gasteiger partial charge in [0.2, 0.25) is 0 Å². The zero-order valence-corrected chi connectivity index (χ0v) is 11.9. The van der Waals surface area contributed by atoms with Crippen LogP contribution in [0.15, 0.2) is 41.0 Å². The molecule has 1 atom stereocenters. The van der Waals surface area contributed by atoms with Crippen molar-refractivity contribution in [3.05, 3.63) is 52.3 Å². The number of pyridine rings is 1. The second-order valence-electron chi connectivity index (χ2n) is 4.24. The van der Waals surface area contributed by atoms with Crippen LogP contribution in [0.3, 0.4) is 0 Å². The molecule has 0 unspecified atom stereocenters. The average molecular weight is 307 g/mol. The van der Waals surface area contributed by atoms with Crippen molar-refractivity contribution in [3.63, 3.8) is 0 Å². The van der Waals surface area contributed by atoms with Crippen LogP contribution in [0.5, 0.6) is 11.5 Å². The standard InChI is InChI=1S/C14H15BrN2O/c1-9-3-6-14(12(15)7-9)18-11-4-5-13(10(2)16)17-8-11/h3-8,10H,16H2,1-2H3/t10-/m0/s1. The number of rotatable bonds is 3. The number of aromatic nitrogens is 1. The van der Waals surface area contributed by atoms with Gasteiger partial charge in [-0.05, 0) is 59.6 Å². The summed E-state index contributed by atoms with van der Waals surface area (Å²) in [5.74, 6) is 1.47. The van der Waals surface area contributed by atoms with Crippen molar-refractivity contribution >= 4 is 15.9 Å². The van der Waals surface area contributed by atoms with E-state index in [-0.39, 0.29) is 6.04 Å². The Hall–Kier alpha value is -1.39. The second kappa shape index (κ2) is 5.50. The van der Waals surface area contributed by atoms with E-state index in [1.165, 1.54) is 5.56 Å². The quantitative estimate of drug-likeness (QED) is 0.933. The summed E-state index contributed by atoms with van der Waals surface area (Å²) in [6.45, 7) is 3.94. The summed E-state index contributed by atoms with van der Waals surface area (Å²) in [7, 11) is 0. The Balaban J connectivity index is 2.18. The molecule has 0 bridgehead atoms. The summed E-state index contributed by atoms with van der Waals surface area (Å²) >= 11 is 3.48. The summed E-state index contributed by atoms with van der Waals surface area (Å²) in [5.41, 5.74) is 7.78. The maximum atomic E-state index is 5.75. The maximum absolute atomic E-state index is 5.75. The van der Waals surface area contributed by atoms with Crippen LogP contribution in [0.2, 0.25) is 0 Å². The number of nitrogens with two attached hydrogens (primary N) is 1. The van der Waals surface area contributed by atoms with Gasteiger partial charge in [-0.1, -0.05) is 6.07 Å². The molecule has 3 nitrogen and oxygen atoms in total. The minimum absolute atomic E-state index is 0.0647. The first-order valence-electron chi connectivity index (χ1n) is 5.72. The summed E-state index contributed by atoms with van der Waals surface area (Å²) in [5, 5.41) is 0. The highest BCUT2D eigenvalue weighted by Crippen LogP contribution is 2.30. The minimum Gasteiger partial charge on any atom is -0.455 e. The van der Waals surface area contributed by atoms with E-state index in [2.05, 4.69) is 20.9 Å². The van der Waals surface area contributed by atoms with Gasteiger partial charge in [0, 0.05) is 6.04 Å². The highest BCUT2D eigenvalue weighted by molar-refractivity contribution is 9.10. The molecule has 4 heteroatoms. The predicted molar refractivity (Wildman–Crippen MR) is 75.8 cm³/mol. The number of nitrogens with zero attached hydrogens (tertiary/aromatic N) is 1. The molecule has 2 aromatic rings. The van der Waals surface area contributed by atoms with Gasteiger partial charge in [0.05, 0.1) is 16.4 Å². The average Bonchev–Trinajstić information content (AvgIpc) is 2.33. The summed E-state index contributed by atoms with van der Waals surface area (Å²) < 4.78 is 6.68. The van der Waals surface area contributed by atoms with E-state index in [9.17, 15) is 0 Å². The molecule has 0 spiro atoms. The Morgan fingerprint density at radius 1 is 1.28 bits per heavy atom. The van der Waals surface area contributed by atoms with Gasteiger partial charge in [-0.15, -0.1) is 0 Å². The molecule has 2 rings (SSSR count). The van der Waals surface area contributed by atoms with Crippen LogP contribution in [0.4, 0.5) is 0 Å². The van der Waals surface area contributed by atoms with E-state index in [0.717, 1.165) is 15.9 Å². The van der Waals surface area contributed by atoms with Crippen molar-refractivity contribution in [3.8, 4) is 11.5 Å². The lowest BCUT2D eigenvalue weighted by molar-refractivity contribution is 0.476. The third-order valence-electron chi connectivity index (χ3n) is 2.54. The monoisotopic (exact) mass is 306 g/mol. The Kier molecular flexibility index (Phi) is 3.99. The number of hydrogen-bond donors (Lipinski definition) is 1. The first kappa shape index (κ1) is 13.1. The number of halogens is 1. The summed E-state index contributed by atoms with van der Waals surface area (Å²) in [6.07, 6.45) is 1.69. The zero-order chi connectivity index (χ0) is 13.1. The number of benzene rings is 1. The lowest BCUT2D eigenvalue weighted by Gasteiger charge is -2.09. The van der Waals surface area contributed by atoms with Crippen molar-refractivity contribution in [2.24, 2.45) is 5.73 Å². The lowest BCUT2D eigenvalue weighted by Crippen LogP contribution is -2.06. The molecular weight excluding hydrogens is 292 g/mol. The van der Waals surface area contributed by atoms with Gasteiger partial charge in [-0.3, -0.25) is 4.98 Å². The number of aryl methyl sites for hydroxylation is 1. The molecule has 0 saturated heterocycles. The zero-order valence-electron chi connectivity index (χ0n) is 10.4. The first-order valence-corrected chi connectivity index (χ1v) is 6.51. The molecule has 1 heterocycles. The molecule has 0 saturated carbocycles. The van der Waals surface area contributed by atoms with E-state index in [0.29, 0.717) is 5.75 Å². The van der Waals surface area contributed by atoms with Gasteiger partial charge < -0.3 is 10.5 Å². The molecular formula is C14H15BrN2O. The van der Waals surface area contributed by atoms with E-state index in [4.69, 9.17) is 10.5 Å². The van der Waals surface area contributed by atoms with Crippen molar-refractivity contribution in [1.82, 2.24) is 4.98 Å². The van der Waals surface area contributed by atoms with Crippen molar-refractivity contribution in [2.75, 3.05) is 0 Å². The molecule has 1 aromatic carbocycles. The minimum atomic E-state index is -0.0647. The SMILES string of the molecule is Cc1ccc(Oc2ccc([C@H](C)N)nc2)c(Br)c1. The maximum Gasteiger partial charge on any atom is 0.145 e. The van der Waals surface area contributed by atoms with Gasteiger partial charge in [0.25, 0.3) is 0 Å². The molecule has 0 aliphatic heterocycles. The van der Waals surface area contributed by atoms with Crippen LogP contribution < -0.4 is 10.5 Å². The van der Waals surface area contributed by atoms with Gasteiger partial charge in [-0.2, -0.15) is 0 Å². The smallest absolute Gasteiger partial charge is 0.145 e. The van der Waals surface area contributed by atoms with Crippen LogP contribution in [-0.2, 0) is 0 Å². The number of ether oxygens (including phenoxy) is 1. The highest BCUT2D eigenvalue weighted by Gasteiger charge is 2.05. The fraction of sp³-hybridized carbons (Fsp3) is 0.214. The van der Waals surface area contributed by atoms with Gasteiger partial charge in [-0.25, -0.2) is 0 Å². The molecule has 1 aromatic heterocycles. The molecule has 2 N–H and O–H groups in total. The van der Waals surface area contributed by atoms with Crippen molar-refractivity contribution in [1.29, 1.82) is 0 Å². The topological polar surface area (TPSA) is 48.1 Å². The summed E-state index contributed by atoms with van der Waals surface area (Å²) in [6, 6.07) is 9.63. The Bertz CT molecular complexity index is 538. The fourth-order valence-corrected chi connectivity index (χ4v) is 2.11. The number of hydrogen-bond acceptors (Lipinski definition) is 3. The van der Waals surface area contributed by atoms with Crippen LogP contribution >= 0.6 is 15.9 Å². The van der Waals surface area contributed by atoms with E-state index in [1.54, 1.807) is 6.20 Å². The molecule has 0 aliphatic carbocycles. The van der Waals surface area contributed by atoms with Crippen molar-refractivity contribution in [2.45, 2.75) is 19.9 Å². The van der Waals surface area contributed by atoms with Crippen LogP contribution in [0.1, 0.15) is 24.2 Å². The van der Waals surface area contributed by atoms with E-state index in [1.807, 2.05) is 44.2 Å². The Morgan fingerprint density at radius 2 is 2.06 bits per heavy atom. The second-order valence-corrected chi connectivity index (χ2v) is 5.10. The summed E-state index contributed by atoms with van der Waals surface area (Å²) in [4.78, 5) is 4.26. The van der Waals surface area contributed by atoms with E-state index < -0.39 is 0 Å². The third-order valence-corrected chi connectivity index (χ3v) is 3.16. The molecule has 0 amide bonds. The van der Waals surface area contributed by atoms with E-state index >= 15 is 0 Å². The Morgan fingerprint density at radius 3 is 2.61 bits per heavy atom. The van der Waals surface area contributed by atoms with Crippen LogP contribution in [-0.4, -0.2) is 4.98 Å². The van der Waals surface area contributed by atoms with Crippen LogP contribution in [0.25, 0.3) is 0 Å². The van der Waals surface area contributed by atoms with Gasteiger partial charge >= 0.3 is 0 Å². The molecule has 18 heavy (non-hydrogen) atoms. The van der Waals surface area contributed by atoms with Gasteiger partial charge in [0.1, 0.15) is 11.5 Å². The van der Waals surface area contributed by atoms with Crippen molar-refractivity contribution < 1.29 is 4.74 Å². The molecule has 0 aliphatic rings. The third kappa shape index (κ3) is 3.09.